The largest absolute Gasteiger partial charge is 0.187 e. The van der Waals surface area contributed by atoms with Gasteiger partial charge >= 0.3 is 0 Å². The maximum absolute atomic E-state index is 5.06. The van der Waals surface area contributed by atoms with Gasteiger partial charge in [-0.15, -0.1) is 11.6 Å². The minimum atomic E-state index is -1.08. The molecular weight excluding hydrogens is 190 g/mol. The van der Waals surface area contributed by atoms with Crippen molar-refractivity contribution >= 4 is 46.4 Å². The zero-order chi connectivity index (χ0) is 7.21. The van der Waals surface area contributed by atoms with Crippen LogP contribution in [0.4, 0.5) is 0 Å². The van der Waals surface area contributed by atoms with Gasteiger partial charge in [0, 0.05) is 5.88 Å². The van der Waals surface area contributed by atoms with Crippen molar-refractivity contribution in [2.45, 2.75) is 17.6 Å². The predicted octanol–water partition coefficient (Wildman–Crippen LogP) is 3.62. The third kappa shape index (κ3) is 202. The van der Waals surface area contributed by atoms with Crippen LogP contribution in [0.25, 0.3) is 0 Å². The molecule has 0 amide bonds. The molecule has 0 radical (unpaired) electrons. The summed E-state index contributed by atoms with van der Waals surface area (Å²) in [6.07, 6.45) is 0. The Morgan fingerprint density at radius 1 is 1.25 bits per heavy atom. The number of alkyl halides is 4. The van der Waals surface area contributed by atoms with E-state index >= 15 is 0 Å². The van der Waals surface area contributed by atoms with Crippen LogP contribution < -0.4 is 0 Å². The van der Waals surface area contributed by atoms with Crippen LogP contribution in [0.1, 0.15) is 13.8 Å². The van der Waals surface area contributed by atoms with Crippen LogP contribution >= 0.6 is 46.4 Å². The van der Waals surface area contributed by atoms with Crippen LogP contribution in [-0.4, -0.2) is 9.67 Å². The van der Waals surface area contributed by atoms with Crippen molar-refractivity contribution in [2.24, 2.45) is 0 Å². The van der Waals surface area contributed by atoms with Crippen LogP contribution in [0, 0.1) is 0 Å². The summed E-state index contributed by atoms with van der Waals surface area (Å²) in [5.41, 5.74) is 0. The Kier molecular flexibility index (Phi) is 9.34. The summed E-state index contributed by atoms with van der Waals surface area (Å²) in [4.78, 5) is 0. The molecule has 0 aromatic rings. The van der Waals surface area contributed by atoms with Crippen molar-refractivity contribution in [1.82, 2.24) is 0 Å². The Morgan fingerprint density at radius 3 is 1.25 bits per heavy atom. The quantitative estimate of drug-likeness (QED) is 0.521. The van der Waals surface area contributed by atoms with E-state index in [4.69, 9.17) is 46.4 Å². The Morgan fingerprint density at radius 2 is 1.25 bits per heavy atom. The summed E-state index contributed by atoms with van der Waals surface area (Å²) >= 11 is 20.2. The molecule has 0 fully saturated rings. The molecule has 0 aromatic heterocycles. The van der Waals surface area contributed by atoms with Crippen molar-refractivity contribution in [2.75, 3.05) is 5.88 Å². The molecule has 0 aliphatic heterocycles. The fourth-order valence-corrected chi connectivity index (χ4v) is 0. The maximum Gasteiger partial charge on any atom is 0.187 e. The molecule has 0 N–H and O–H groups in total. The minimum absolute atomic E-state index is 0.722. The molecule has 0 saturated heterocycles. The van der Waals surface area contributed by atoms with E-state index in [-0.39, 0.29) is 0 Å². The first kappa shape index (κ1) is 11.9. The van der Waals surface area contributed by atoms with Crippen LogP contribution in [0.3, 0.4) is 0 Å². The van der Waals surface area contributed by atoms with Crippen molar-refractivity contribution in [3.05, 3.63) is 0 Å². The lowest BCUT2D eigenvalue weighted by Crippen LogP contribution is -1.87. The molecule has 0 atom stereocenters. The van der Waals surface area contributed by atoms with E-state index in [1.54, 1.807) is 0 Å². The van der Waals surface area contributed by atoms with Gasteiger partial charge in [0.15, 0.2) is 3.79 Å². The molecule has 0 aliphatic carbocycles. The minimum Gasteiger partial charge on any atom is -0.127 e. The first-order chi connectivity index (χ1) is 3.41. The van der Waals surface area contributed by atoms with Crippen LogP contribution in [-0.2, 0) is 0 Å². The van der Waals surface area contributed by atoms with Crippen LogP contribution in [0.2, 0.25) is 0 Å². The first-order valence-corrected chi connectivity index (χ1v) is 3.71. The summed E-state index contributed by atoms with van der Waals surface area (Å²) in [5.74, 6) is 0.722. The number of halogens is 4. The average molecular weight is 198 g/mol. The zero-order valence-electron chi connectivity index (χ0n) is 4.72. The smallest absolute Gasteiger partial charge is 0.127 e. The Hall–Kier alpha value is 1.16. The molecule has 0 aromatic carbocycles. The molecule has 0 heterocycles. The SMILES string of the molecule is CC(Cl)(Cl)Cl.CCCl. The fraction of sp³-hybridized carbons (Fsp3) is 1.00. The van der Waals surface area contributed by atoms with E-state index in [1.807, 2.05) is 6.92 Å². The van der Waals surface area contributed by atoms with E-state index in [1.165, 1.54) is 6.92 Å². The van der Waals surface area contributed by atoms with E-state index in [2.05, 4.69) is 0 Å². The lowest BCUT2D eigenvalue weighted by atomic mass is 10.9. The summed E-state index contributed by atoms with van der Waals surface area (Å²) < 4.78 is -1.08. The summed E-state index contributed by atoms with van der Waals surface area (Å²) in [7, 11) is 0. The molecule has 0 nitrogen and oxygen atoms in total. The summed E-state index contributed by atoms with van der Waals surface area (Å²) in [6.45, 7) is 3.37. The number of hydrogen-bond donors (Lipinski definition) is 0. The van der Waals surface area contributed by atoms with Gasteiger partial charge in [-0.25, -0.2) is 0 Å². The van der Waals surface area contributed by atoms with E-state index in [9.17, 15) is 0 Å². The normalized spacial score (nSPS) is 9.75. The monoisotopic (exact) mass is 196 g/mol. The second-order valence-corrected chi connectivity index (χ2v) is 4.43. The predicted molar refractivity (Wildman–Crippen MR) is 42.4 cm³/mol. The Labute approximate surface area is 70.1 Å². The molecule has 0 aliphatic rings. The molecule has 0 spiro atoms. The van der Waals surface area contributed by atoms with E-state index in [0.29, 0.717) is 0 Å². The van der Waals surface area contributed by atoms with Gasteiger partial charge in [-0.3, -0.25) is 0 Å². The molecule has 52 valence electrons. The fourth-order valence-electron chi connectivity index (χ4n) is 0. The highest BCUT2D eigenvalue weighted by Gasteiger charge is 2.07. The second kappa shape index (κ2) is 6.28. The molecule has 0 bridgehead atoms. The van der Waals surface area contributed by atoms with Gasteiger partial charge in [-0.2, -0.15) is 0 Å². The van der Waals surface area contributed by atoms with E-state index in [0.717, 1.165) is 5.88 Å². The van der Waals surface area contributed by atoms with Crippen LogP contribution in [0.15, 0.2) is 0 Å². The lowest BCUT2D eigenvalue weighted by Gasteiger charge is -1.94. The zero-order valence-corrected chi connectivity index (χ0v) is 7.74. The van der Waals surface area contributed by atoms with Gasteiger partial charge in [0.1, 0.15) is 0 Å². The highest BCUT2D eigenvalue weighted by atomic mass is 35.6. The Bertz CT molecular complexity index is 31.8. The maximum atomic E-state index is 5.06. The van der Waals surface area contributed by atoms with Crippen molar-refractivity contribution in [3.8, 4) is 0 Å². The molecule has 0 saturated carbocycles. The van der Waals surface area contributed by atoms with Gasteiger partial charge in [0.2, 0.25) is 0 Å². The summed E-state index contributed by atoms with van der Waals surface area (Å²) in [5, 5.41) is 0. The van der Waals surface area contributed by atoms with Gasteiger partial charge < -0.3 is 0 Å². The van der Waals surface area contributed by atoms with Gasteiger partial charge in [-0.05, 0) is 6.92 Å². The third-order valence-electron chi connectivity index (χ3n) is 0. The molecule has 8 heavy (non-hydrogen) atoms. The highest BCUT2D eigenvalue weighted by molar-refractivity contribution is 6.67. The summed E-state index contributed by atoms with van der Waals surface area (Å²) in [6, 6.07) is 0. The van der Waals surface area contributed by atoms with Gasteiger partial charge in [0.05, 0.1) is 0 Å². The Balaban J connectivity index is 0. The van der Waals surface area contributed by atoms with Crippen LogP contribution in [0.5, 0.6) is 0 Å². The topological polar surface area (TPSA) is 0 Å². The third-order valence-corrected chi connectivity index (χ3v) is 0. The molecule has 0 unspecified atom stereocenters. The molecular formula is C4H8Cl4. The van der Waals surface area contributed by atoms with Crippen molar-refractivity contribution < 1.29 is 0 Å². The van der Waals surface area contributed by atoms with Gasteiger partial charge in [-0.1, -0.05) is 41.7 Å². The lowest BCUT2D eigenvalue weighted by molar-refractivity contribution is 1.27. The first-order valence-electron chi connectivity index (χ1n) is 2.04. The van der Waals surface area contributed by atoms with Crippen molar-refractivity contribution in [1.29, 1.82) is 0 Å². The van der Waals surface area contributed by atoms with Crippen molar-refractivity contribution in [3.63, 3.8) is 0 Å². The standard InChI is InChI=1S/C2H3Cl3.C2H5Cl/c1-2(3,4)5;1-2-3/h1H3;2H2,1H3. The highest BCUT2D eigenvalue weighted by Crippen LogP contribution is 2.23. The average Bonchev–Trinajstić information content (AvgIpc) is 1.27. The number of hydrogen-bond acceptors (Lipinski definition) is 0. The molecule has 0 rings (SSSR count). The van der Waals surface area contributed by atoms with Gasteiger partial charge in [0.25, 0.3) is 0 Å². The van der Waals surface area contributed by atoms with E-state index < -0.39 is 3.79 Å². The second-order valence-electron chi connectivity index (χ2n) is 1.05. The number of rotatable bonds is 0. The molecule has 4 heteroatoms.